The molecule has 19 heavy (non-hydrogen) atoms. The van der Waals surface area contributed by atoms with Gasteiger partial charge in [0.15, 0.2) is 0 Å². The number of carbonyl (C=O) groups excluding carboxylic acids is 1. The summed E-state index contributed by atoms with van der Waals surface area (Å²) in [5.74, 6) is -0.797. The molecule has 0 bridgehead atoms. The van der Waals surface area contributed by atoms with Crippen LogP contribution in [0, 0.1) is 0 Å². The summed E-state index contributed by atoms with van der Waals surface area (Å²) in [7, 11) is 1.74. The number of fused-ring (bicyclic) bond motifs is 1. The van der Waals surface area contributed by atoms with Crippen molar-refractivity contribution in [1.29, 1.82) is 0 Å². The molecule has 0 radical (unpaired) electrons. The fourth-order valence-electron chi connectivity index (χ4n) is 2.19. The maximum absolute atomic E-state index is 11.9. The standard InChI is InChI=1S/C13H15BrN2O3/c1-15-10-4-2-3-9(14)13(10)16(7-5-11(15)17)8-6-12(18)19/h2-4H,5-8H2,1H3,(H,18,19). The number of aliphatic carboxylic acids is 1. The Bertz CT molecular complexity index is 519. The molecule has 1 aromatic rings. The number of para-hydroxylation sites is 1. The highest BCUT2D eigenvalue weighted by molar-refractivity contribution is 9.10. The first kappa shape index (κ1) is 13.9. The Morgan fingerprint density at radius 3 is 2.89 bits per heavy atom. The molecule has 0 saturated heterocycles. The normalized spacial score (nSPS) is 15.2. The molecule has 0 aliphatic carbocycles. The number of hydrogen-bond acceptors (Lipinski definition) is 3. The fraction of sp³-hybridized carbons (Fsp3) is 0.385. The van der Waals surface area contributed by atoms with Gasteiger partial charge in [0.2, 0.25) is 5.91 Å². The predicted molar refractivity (Wildman–Crippen MR) is 76.6 cm³/mol. The minimum atomic E-state index is -0.836. The van der Waals surface area contributed by atoms with Crippen molar-refractivity contribution in [3.63, 3.8) is 0 Å². The minimum Gasteiger partial charge on any atom is -0.481 e. The summed E-state index contributed by atoms with van der Waals surface area (Å²) >= 11 is 3.48. The van der Waals surface area contributed by atoms with Gasteiger partial charge < -0.3 is 14.9 Å². The van der Waals surface area contributed by atoms with E-state index in [-0.39, 0.29) is 12.3 Å². The number of nitrogens with zero attached hydrogens (tertiary/aromatic N) is 2. The molecule has 0 atom stereocenters. The second-order valence-corrected chi connectivity index (χ2v) is 5.30. The number of halogens is 1. The number of benzene rings is 1. The van der Waals surface area contributed by atoms with Gasteiger partial charge in [-0.3, -0.25) is 9.59 Å². The topological polar surface area (TPSA) is 60.9 Å². The number of hydrogen-bond donors (Lipinski definition) is 1. The van der Waals surface area contributed by atoms with Crippen LogP contribution in [-0.2, 0) is 9.59 Å². The van der Waals surface area contributed by atoms with Gasteiger partial charge in [-0.1, -0.05) is 6.07 Å². The highest BCUT2D eigenvalue weighted by Gasteiger charge is 2.25. The van der Waals surface area contributed by atoms with Gasteiger partial charge in [0.25, 0.3) is 0 Å². The highest BCUT2D eigenvalue weighted by atomic mass is 79.9. The third-order valence-electron chi connectivity index (χ3n) is 3.21. The summed E-state index contributed by atoms with van der Waals surface area (Å²) < 4.78 is 0.872. The van der Waals surface area contributed by atoms with Crippen LogP contribution < -0.4 is 9.80 Å². The van der Waals surface area contributed by atoms with E-state index in [9.17, 15) is 9.59 Å². The molecule has 1 heterocycles. The van der Waals surface area contributed by atoms with Gasteiger partial charge in [-0.05, 0) is 28.1 Å². The predicted octanol–water partition coefficient (Wildman–Crippen LogP) is 2.10. The minimum absolute atomic E-state index is 0.0391. The number of carboxylic acids is 1. The number of carbonyl (C=O) groups is 2. The molecule has 1 amide bonds. The summed E-state index contributed by atoms with van der Waals surface area (Å²) in [6.45, 7) is 0.929. The first-order valence-corrected chi connectivity index (χ1v) is 6.82. The summed E-state index contributed by atoms with van der Waals surface area (Å²) in [6.07, 6.45) is 0.440. The van der Waals surface area contributed by atoms with Crippen LogP contribution in [0.5, 0.6) is 0 Å². The summed E-state index contributed by atoms with van der Waals surface area (Å²) in [4.78, 5) is 26.3. The van der Waals surface area contributed by atoms with Gasteiger partial charge in [0, 0.05) is 31.0 Å². The molecule has 1 N–H and O–H groups in total. The van der Waals surface area contributed by atoms with Crippen molar-refractivity contribution in [3.05, 3.63) is 22.7 Å². The van der Waals surface area contributed by atoms with Crippen LogP contribution >= 0.6 is 15.9 Å². The first-order chi connectivity index (χ1) is 9.00. The Hall–Kier alpha value is -1.56. The number of rotatable bonds is 3. The molecule has 5 nitrogen and oxygen atoms in total. The molecular weight excluding hydrogens is 312 g/mol. The van der Waals surface area contributed by atoms with Gasteiger partial charge in [-0.25, -0.2) is 0 Å². The number of amides is 1. The molecule has 0 saturated carbocycles. The van der Waals surface area contributed by atoms with E-state index < -0.39 is 5.97 Å². The lowest BCUT2D eigenvalue weighted by Crippen LogP contribution is -2.28. The molecule has 1 aliphatic heterocycles. The Balaban J connectivity index is 2.39. The van der Waals surface area contributed by atoms with E-state index in [1.165, 1.54) is 0 Å². The average Bonchev–Trinajstić information content (AvgIpc) is 2.48. The largest absolute Gasteiger partial charge is 0.481 e. The third-order valence-corrected chi connectivity index (χ3v) is 3.85. The van der Waals surface area contributed by atoms with Crippen LogP contribution in [0.1, 0.15) is 12.8 Å². The second-order valence-electron chi connectivity index (χ2n) is 4.44. The van der Waals surface area contributed by atoms with Crippen molar-refractivity contribution < 1.29 is 14.7 Å². The van der Waals surface area contributed by atoms with E-state index in [4.69, 9.17) is 5.11 Å². The molecule has 0 spiro atoms. The molecule has 0 aromatic heterocycles. The van der Waals surface area contributed by atoms with Crippen LogP contribution in [0.4, 0.5) is 11.4 Å². The zero-order valence-electron chi connectivity index (χ0n) is 10.6. The van der Waals surface area contributed by atoms with Crippen molar-refractivity contribution in [3.8, 4) is 0 Å². The van der Waals surface area contributed by atoms with Gasteiger partial charge >= 0.3 is 5.97 Å². The van der Waals surface area contributed by atoms with E-state index in [2.05, 4.69) is 15.9 Å². The highest BCUT2D eigenvalue weighted by Crippen LogP contribution is 2.38. The van der Waals surface area contributed by atoms with Gasteiger partial charge in [-0.2, -0.15) is 0 Å². The third kappa shape index (κ3) is 2.89. The molecule has 102 valence electrons. The van der Waals surface area contributed by atoms with E-state index in [0.717, 1.165) is 15.8 Å². The van der Waals surface area contributed by atoms with Crippen LogP contribution in [-0.4, -0.2) is 37.1 Å². The lowest BCUT2D eigenvalue weighted by Gasteiger charge is -2.26. The number of anilines is 2. The average molecular weight is 327 g/mol. The van der Waals surface area contributed by atoms with Crippen LogP contribution in [0.2, 0.25) is 0 Å². The molecule has 1 aliphatic rings. The van der Waals surface area contributed by atoms with Crippen molar-refractivity contribution in [2.45, 2.75) is 12.8 Å². The van der Waals surface area contributed by atoms with Gasteiger partial charge in [0.1, 0.15) is 0 Å². The van der Waals surface area contributed by atoms with Gasteiger partial charge in [-0.15, -0.1) is 0 Å². The van der Waals surface area contributed by atoms with E-state index in [1.807, 2.05) is 23.1 Å². The smallest absolute Gasteiger partial charge is 0.305 e. The van der Waals surface area contributed by atoms with E-state index in [0.29, 0.717) is 19.5 Å². The maximum Gasteiger partial charge on any atom is 0.305 e. The Kier molecular flexibility index (Phi) is 4.09. The zero-order valence-corrected chi connectivity index (χ0v) is 12.2. The SMILES string of the molecule is CN1C(=O)CCN(CCC(=O)O)c2c(Br)cccc21. The zero-order chi connectivity index (χ0) is 14.0. The van der Waals surface area contributed by atoms with Crippen molar-refractivity contribution >= 4 is 39.2 Å². The summed E-state index contributed by atoms with van der Waals surface area (Å²) in [5.41, 5.74) is 1.69. The fourth-order valence-corrected chi connectivity index (χ4v) is 2.79. The van der Waals surface area contributed by atoms with Crippen LogP contribution in [0.15, 0.2) is 22.7 Å². The first-order valence-electron chi connectivity index (χ1n) is 6.02. The molecule has 0 unspecified atom stereocenters. The van der Waals surface area contributed by atoms with E-state index in [1.54, 1.807) is 11.9 Å². The Morgan fingerprint density at radius 1 is 1.47 bits per heavy atom. The van der Waals surface area contributed by atoms with Crippen LogP contribution in [0.25, 0.3) is 0 Å². The van der Waals surface area contributed by atoms with Crippen molar-refractivity contribution in [1.82, 2.24) is 0 Å². The molecule has 1 aromatic carbocycles. The van der Waals surface area contributed by atoms with Crippen molar-refractivity contribution in [2.75, 3.05) is 29.9 Å². The maximum atomic E-state index is 11.9. The Morgan fingerprint density at radius 2 is 2.21 bits per heavy atom. The molecule has 2 rings (SSSR count). The lowest BCUT2D eigenvalue weighted by molar-refractivity contribution is -0.136. The molecular formula is C13H15BrN2O3. The van der Waals surface area contributed by atoms with Gasteiger partial charge in [0.05, 0.1) is 17.8 Å². The second kappa shape index (κ2) is 5.61. The summed E-state index contributed by atoms with van der Waals surface area (Å²) in [6, 6.07) is 5.64. The Labute approximate surface area is 119 Å². The summed E-state index contributed by atoms with van der Waals surface area (Å²) in [5, 5.41) is 8.82. The van der Waals surface area contributed by atoms with E-state index >= 15 is 0 Å². The molecule has 0 fully saturated rings. The quantitative estimate of drug-likeness (QED) is 0.924. The van der Waals surface area contributed by atoms with Crippen LogP contribution in [0.3, 0.4) is 0 Å². The molecule has 6 heteroatoms. The van der Waals surface area contributed by atoms with Crippen molar-refractivity contribution in [2.24, 2.45) is 0 Å². The lowest BCUT2D eigenvalue weighted by atomic mass is 10.2. The number of carboxylic acid groups (broad SMARTS) is 1. The monoisotopic (exact) mass is 326 g/mol.